The minimum Gasteiger partial charge on any atom is -0.472 e. The van der Waals surface area contributed by atoms with Crippen molar-refractivity contribution >= 4 is 5.82 Å². The Morgan fingerprint density at radius 2 is 2.06 bits per heavy atom. The summed E-state index contributed by atoms with van der Waals surface area (Å²) in [5.74, 6) is 2.09. The third-order valence-electron chi connectivity index (χ3n) is 3.20. The summed E-state index contributed by atoms with van der Waals surface area (Å²) in [6, 6.07) is 0.501. The normalized spacial score (nSPS) is 24.0. The fourth-order valence-electron chi connectivity index (χ4n) is 2.27. The van der Waals surface area contributed by atoms with Gasteiger partial charge in [-0.25, -0.2) is 9.97 Å². The predicted octanol–water partition coefficient (Wildman–Crippen LogP) is 2.86. The van der Waals surface area contributed by atoms with E-state index in [9.17, 15) is 0 Å². The highest BCUT2D eigenvalue weighted by atomic mass is 16.5. The highest BCUT2D eigenvalue weighted by Gasteiger charge is 2.24. The third-order valence-corrected chi connectivity index (χ3v) is 3.20. The minimum absolute atomic E-state index is 0.119. The van der Waals surface area contributed by atoms with Crippen molar-refractivity contribution in [3.8, 4) is 5.88 Å². The van der Waals surface area contributed by atoms with Crippen LogP contribution in [0.2, 0.25) is 0 Å². The number of hydrogen-bond donors (Lipinski definition) is 1. The first-order valence-electron chi connectivity index (χ1n) is 6.41. The van der Waals surface area contributed by atoms with Crippen LogP contribution in [0.15, 0.2) is 12.4 Å². The Labute approximate surface area is 103 Å². The van der Waals surface area contributed by atoms with E-state index in [1.54, 1.807) is 12.4 Å². The average Bonchev–Trinajstić information content (AvgIpc) is 2.67. The zero-order valence-electron chi connectivity index (χ0n) is 10.8. The van der Waals surface area contributed by atoms with E-state index in [0.29, 0.717) is 17.8 Å². The van der Waals surface area contributed by atoms with Crippen molar-refractivity contribution in [2.24, 2.45) is 5.92 Å². The summed E-state index contributed by atoms with van der Waals surface area (Å²) in [4.78, 5) is 8.57. The minimum atomic E-state index is 0.119. The molecule has 1 saturated carbocycles. The number of ether oxygens (including phenoxy) is 1. The molecule has 2 atom stereocenters. The molecule has 1 aromatic rings. The lowest BCUT2D eigenvalue weighted by Crippen LogP contribution is -2.23. The lowest BCUT2D eigenvalue weighted by atomic mass is 10.1. The molecule has 2 rings (SSSR count). The van der Waals surface area contributed by atoms with Crippen LogP contribution in [0.5, 0.6) is 5.88 Å². The Bertz CT molecular complexity index is 367. The molecule has 1 aliphatic carbocycles. The number of anilines is 1. The first-order valence-corrected chi connectivity index (χ1v) is 6.41. The van der Waals surface area contributed by atoms with Gasteiger partial charge in [-0.05, 0) is 32.6 Å². The average molecular weight is 235 g/mol. The molecule has 1 aromatic heterocycles. The number of nitrogens with zero attached hydrogens (tertiary/aromatic N) is 2. The van der Waals surface area contributed by atoms with Crippen molar-refractivity contribution in [2.75, 3.05) is 5.32 Å². The monoisotopic (exact) mass is 235 g/mol. The lowest BCUT2D eigenvalue weighted by molar-refractivity contribution is 0.233. The Balaban J connectivity index is 2.09. The maximum absolute atomic E-state index is 5.65. The van der Waals surface area contributed by atoms with Gasteiger partial charge in [0.1, 0.15) is 0 Å². The van der Waals surface area contributed by atoms with Gasteiger partial charge >= 0.3 is 0 Å². The lowest BCUT2D eigenvalue weighted by Gasteiger charge is -2.20. The van der Waals surface area contributed by atoms with Gasteiger partial charge in [0.05, 0.1) is 6.10 Å². The van der Waals surface area contributed by atoms with E-state index in [0.717, 1.165) is 5.82 Å². The van der Waals surface area contributed by atoms with Gasteiger partial charge in [0, 0.05) is 18.4 Å². The summed E-state index contributed by atoms with van der Waals surface area (Å²) in [6.45, 7) is 6.28. The second-order valence-electron chi connectivity index (χ2n) is 5.04. The molecule has 0 aliphatic heterocycles. The second kappa shape index (κ2) is 5.34. The zero-order chi connectivity index (χ0) is 12.3. The van der Waals surface area contributed by atoms with Gasteiger partial charge in [-0.1, -0.05) is 13.3 Å². The molecular formula is C13H21N3O. The van der Waals surface area contributed by atoms with E-state index in [-0.39, 0.29) is 6.10 Å². The van der Waals surface area contributed by atoms with E-state index >= 15 is 0 Å². The SMILES string of the molecule is CC(C)Oc1nccnc1NC1CCCC1C. The molecular weight excluding hydrogens is 214 g/mol. The number of nitrogens with one attached hydrogen (secondary N) is 1. The van der Waals surface area contributed by atoms with Crippen LogP contribution in [0.4, 0.5) is 5.82 Å². The van der Waals surface area contributed by atoms with Crippen molar-refractivity contribution in [2.45, 2.75) is 52.2 Å². The summed E-state index contributed by atoms with van der Waals surface area (Å²) in [7, 11) is 0. The topological polar surface area (TPSA) is 47.0 Å². The van der Waals surface area contributed by atoms with Crippen molar-refractivity contribution in [1.82, 2.24) is 9.97 Å². The van der Waals surface area contributed by atoms with Gasteiger partial charge in [-0.2, -0.15) is 0 Å². The fraction of sp³-hybridized carbons (Fsp3) is 0.692. The van der Waals surface area contributed by atoms with E-state index in [1.807, 2.05) is 13.8 Å². The predicted molar refractivity (Wildman–Crippen MR) is 68.2 cm³/mol. The molecule has 1 fully saturated rings. The largest absolute Gasteiger partial charge is 0.472 e. The highest BCUT2D eigenvalue weighted by molar-refractivity contribution is 5.45. The molecule has 0 bridgehead atoms. The van der Waals surface area contributed by atoms with Crippen molar-refractivity contribution in [3.63, 3.8) is 0 Å². The molecule has 1 N–H and O–H groups in total. The van der Waals surface area contributed by atoms with Crippen LogP contribution in [0.3, 0.4) is 0 Å². The Hall–Kier alpha value is -1.32. The Morgan fingerprint density at radius 3 is 2.71 bits per heavy atom. The third kappa shape index (κ3) is 3.08. The quantitative estimate of drug-likeness (QED) is 0.871. The number of hydrogen-bond acceptors (Lipinski definition) is 4. The molecule has 0 aromatic carbocycles. The van der Waals surface area contributed by atoms with Crippen molar-refractivity contribution in [3.05, 3.63) is 12.4 Å². The Kier molecular flexibility index (Phi) is 3.82. The van der Waals surface area contributed by atoms with Gasteiger partial charge in [0.15, 0.2) is 5.82 Å². The van der Waals surface area contributed by atoms with Crippen molar-refractivity contribution in [1.29, 1.82) is 0 Å². The summed E-state index contributed by atoms with van der Waals surface area (Å²) >= 11 is 0. The van der Waals surface area contributed by atoms with Crippen LogP contribution in [0, 0.1) is 5.92 Å². The summed E-state index contributed by atoms with van der Waals surface area (Å²) in [5, 5.41) is 3.47. The van der Waals surface area contributed by atoms with Crippen molar-refractivity contribution < 1.29 is 4.74 Å². The molecule has 0 radical (unpaired) electrons. The van der Waals surface area contributed by atoms with Crippen LogP contribution in [0.25, 0.3) is 0 Å². The van der Waals surface area contributed by atoms with Crippen LogP contribution in [0.1, 0.15) is 40.0 Å². The number of aromatic nitrogens is 2. The summed E-state index contributed by atoms with van der Waals surface area (Å²) in [6.07, 6.45) is 7.28. The van der Waals surface area contributed by atoms with Gasteiger partial charge < -0.3 is 10.1 Å². The summed E-state index contributed by atoms with van der Waals surface area (Å²) < 4.78 is 5.65. The molecule has 4 nitrogen and oxygen atoms in total. The molecule has 0 spiro atoms. The molecule has 94 valence electrons. The van der Waals surface area contributed by atoms with Gasteiger partial charge in [-0.15, -0.1) is 0 Å². The van der Waals surface area contributed by atoms with Crippen LogP contribution >= 0.6 is 0 Å². The molecule has 1 aliphatic rings. The molecule has 0 saturated heterocycles. The maximum Gasteiger partial charge on any atom is 0.257 e. The molecule has 2 unspecified atom stereocenters. The van der Waals surface area contributed by atoms with Crippen LogP contribution in [-0.2, 0) is 0 Å². The fourth-order valence-corrected chi connectivity index (χ4v) is 2.27. The smallest absolute Gasteiger partial charge is 0.257 e. The standard InChI is InChI=1S/C13H21N3O/c1-9(2)17-13-12(14-7-8-15-13)16-11-6-4-5-10(11)3/h7-11H,4-6H2,1-3H3,(H,14,16). The molecule has 17 heavy (non-hydrogen) atoms. The van der Waals surface area contributed by atoms with Gasteiger partial charge in [0.2, 0.25) is 0 Å². The van der Waals surface area contributed by atoms with E-state index < -0.39 is 0 Å². The highest BCUT2D eigenvalue weighted by Crippen LogP contribution is 2.29. The molecule has 1 heterocycles. The Morgan fingerprint density at radius 1 is 1.29 bits per heavy atom. The zero-order valence-corrected chi connectivity index (χ0v) is 10.8. The first kappa shape index (κ1) is 12.1. The van der Waals surface area contributed by atoms with E-state index in [2.05, 4.69) is 22.2 Å². The van der Waals surface area contributed by atoms with E-state index in [4.69, 9.17) is 4.74 Å². The van der Waals surface area contributed by atoms with Crippen LogP contribution < -0.4 is 10.1 Å². The van der Waals surface area contributed by atoms with Crippen LogP contribution in [-0.4, -0.2) is 22.1 Å². The molecule has 4 heteroatoms. The van der Waals surface area contributed by atoms with E-state index in [1.165, 1.54) is 19.3 Å². The van der Waals surface area contributed by atoms with Gasteiger partial charge in [-0.3, -0.25) is 0 Å². The second-order valence-corrected chi connectivity index (χ2v) is 5.04. The molecule has 0 amide bonds. The number of rotatable bonds is 4. The first-order chi connectivity index (χ1) is 8.16. The maximum atomic E-state index is 5.65. The summed E-state index contributed by atoms with van der Waals surface area (Å²) in [5.41, 5.74) is 0. The van der Waals surface area contributed by atoms with Gasteiger partial charge in [0.25, 0.3) is 5.88 Å².